The van der Waals surface area contributed by atoms with Gasteiger partial charge in [-0.15, -0.1) is 0 Å². The normalized spacial score (nSPS) is 37.8. The van der Waals surface area contributed by atoms with E-state index in [0.717, 1.165) is 19.3 Å². The highest BCUT2D eigenvalue weighted by Gasteiger charge is 2.39. The van der Waals surface area contributed by atoms with Gasteiger partial charge in [-0.2, -0.15) is 0 Å². The number of amides is 1. The highest BCUT2D eigenvalue weighted by molar-refractivity contribution is 5.79. The summed E-state index contributed by atoms with van der Waals surface area (Å²) < 4.78 is 5.76. The minimum Gasteiger partial charge on any atom is -0.394 e. The van der Waals surface area contributed by atoms with Gasteiger partial charge >= 0.3 is 0 Å². The second-order valence-corrected chi connectivity index (χ2v) is 7.05. The van der Waals surface area contributed by atoms with Crippen molar-refractivity contribution in [2.45, 2.75) is 57.8 Å². The Bertz CT molecular complexity index is 359. The van der Waals surface area contributed by atoms with E-state index in [1.807, 2.05) is 18.7 Å². The predicted octanol–water partition coefficient (Wildman–Crippen LogP) is 0.748. The molecule has 20 heavy (non-hydrogen) atoms. The van der Waals surface area contributed by atoms with Crippen LogP contribution in [-0.2, 0) is 9.53 Å². The number of hydrogen-bond acceptors (Lipinski definition) is 4. The van der Waals surface area contributed by atoms with Crippen molar-refractivity contribution in [3.63, 3.8) is 0 Å². The summed E-state index contributed by atoms with van der Waals surface area (Å²) in [6.45, 7) is 7.11. The largest absolute Gasteiger partial charge is 0.394 e. The van der Waals surface area contributed by atoms with Gasteiger partial charge in [-0.05, 0) is 39.0 Å². The molecule has 1 saturated carbocycles. The molecule has 1 amide bonds. The van der Waals surface area contributed by atoms with Crippen molar-refractivity contribution in [1.82, 2.24) is 4.90 Å². The van der Waals surface area contributed by atoms with Crippen LogP contribution in [0, 0.1) is 11.8 Å². The van der Waals surface area contributed by atoms with Gasteiger partial charge in [0, 0.05) is 25.0 Å². The zero-order valence-electron chi connectivity index (χ0n) is 12.8. The Hall–Kier alpha value is -0.650. The molecule has 0 aromatic rings. The molecule has 1 saturated heterocycles. The second-order valence-electron chi connectivity index (χ2n) is 7.05. The number of aliphatic hydroxyl groups excluding tert-OH is 1. The van der Waals surface area contributed by atoms with Crippen LogP contribution in [0.15, 0.2) is 0 Å². The van der Waals surface area contributed by atoms with E-state index in [0.29, 0.717) is 19.0 Å². The maximum Gasteiger partial charge on any atom is 0.225 e. The van der Waals surface area contributed by atoms with Crippen molar-refractivity contribution in [3.05, 3.63) is 0 Å². The molecule has 5 heteroatoms. The molecule has 0 spiro atoms. The first-order valence-electron chi connectivity index (χ1n) is 7.65. The van der Waals surface area contributed by atoms with E-state index in [1.165, 1.54) is 0 Å². The van der Waals surface area contributed by atoms with Crippen molar-refractivity contribution in [1.29, 1.82) is 0 Å². The van der Waals surface area contributed by atoms with Gasteiger partial charge in [0.25, 0.3) is 0 Å². The van der Waals surface area contributed by atoms with E-state index in [9.17, 15) is 9.90 Å². The Morgan fingerprint density at radius 1 is 1.45 bits per heavy atom. The number of aliphatic hydroxyl groups is 1. The lowest BCUT2D eigenvalue weighted by atomic mass is 9.78. The van der Waals surface area contributed by atoms with Gasteiger partial charge in [-0.1, -0.05) is 6.92 Å². The summed E-state index contributed by atoms with van der Waals surface area (Å²) in [4.78, 5) is 14.6. The number of carbonyl (C=O) groups excluding carboxylic acids is 1. The summed E-state index contributed by atoms with van der Waals surface area (Å²) in [5, 5.41) is 9.33. The Balaban J connectivity index is 2.01. The van der Waals surface area contributed by atoms with Crippen LogP contribution in [0.3, 0.4) is 0 Å². The standard InChI is InChI=1S/C15H28N2O3/c1-10-6-11(4-5-13(10)16)14(19)17-7-12(8-18)20-15(2,3)9-17/h10-13,18H,4-9,16H2,1-3H3. The predicted molar refractivity (Wildman–Crippen MR) is 77.1 cm³/mol. The zero-order valence-corrected chi connectivity index (χ0v) is 12.8. The molecule has 0 bridgehead atoms. The van der Waals surface area contributed by atoms with Crippen molar-refractivity contribution in [2.75, 3.05) is 19.7 Å². The van der Waals surface area contributed by atoms with Gasteiger partial charge in [-0.3, -0.25) is 4.79 Å². The molecule has 0 aromatic heterocycles. The minimum absolute atomic E-state index is 0.0425. The van der Waals surface area contributed by atoms with Gasteiger partial charge < -0.3 is 20.5 Å². The molecule has 1 heterocycles. The SMILES string of the molecule is CC1CC(C(=O)N2CC(CO)OC(C)(C)C2)CCC1N. The third kappa shape index (κ3) is 3.51. The molecule has 1 aliphatic carbocycles. The number of ether oxygens (including phenoxy) is 1. The summed E-state index contributed by atoms with van der Waals surface area (Å²) in [6.07, 6.45) is 2.41. The summed E-state index contributed by atoms with van der Waals surface area (Å²) in [5.74, 6) is 0.692. The van der Waals surface area contributed by atoms with E-state index < -0.39 is 5.60 Å². The fraction of sp³-hybridized carbons (Fsp3) is 0.933. The van der Waals surface area contributed by atoms with Crippen LogP contribution in [0.1, 0.15) is 40.0 Å². The number of carbonyl (C=O) groups is 1. The quantitative estimate of drug-likeness (QED) is 0.784. The van der Waals surface area contributed by atoms with E-state index in [1.54, 1.807) is 0 Å². The smallest absolute Gasteiger partial charge is 0.225 e. The van der Waals surface area contributed by atoms with E-state index >= 15 is 0 Å². The third-order valence-electron chi connectivity index (χ3n) is 4.58. The lowest BCUT2D eigenvalue weighted by Gasteiger charge is -2.44. The summed E-state index contributed by atoms with van der Waals surface area (Å²) in [7, 11) is 0. The van der Waals surface area contributed by atoms with Crippen molar-refractivity contribution < 1.29 is 14.6 Å². The second kappa shape index (κ2) is 6.00. The summed E-state index contributed by atoms with van der Waals surface area (Å²) in [6, 6.07) is 0.227. The molecule has 4 unspecified atom stereocenters. The highest BCUT2D eigenvalue weighted by atomic mass is 16.5. The van der Waals surface area contributed by atoms with Crippen LogP contribution < -0.4 is 5.73 Å². The van der Waals surface area contributed by atoms with Crippen LogP contribution >= 0.6 is 0 Å². The first-order valence-corrected chi connectivity index (χ1v) is 7.65. The molecule has 0 aromatic carbocycles. The van der Waals surface area contributed by atoms with Crippen LogP contribution in [-0.4, -0.2) is 53.4 Å². The molecule has 3 N–H and O–H groups in total. The van der Waals surface area contributed by atoms with Crippen molar-refractivity contribution in [2.24, 2.45) is 17.6 Å². The van der Waals surface area contributed by atoms with E-state index in [4.69, 9.17) is 10.5 Å². The first kappa shape index (κ1) is 15.7. The Morgan fingerprint density at radius 2 is 2.15 bits per heavy atom. The lowest BCUT2D eigenvalue weighted by Crippen LogP contribution is -2.57. The van der Waals surface area contributed by atoms with Crippen molar-refractivity contribution >= 4 is 5.91 Å². The van der Waals surface area contributed by atoms with Crippen LogP contribution in [0.25, 0.3) is 0 Å². The molecule has 2 aliphatic rings. The lowest BCUT2D eigenvalue weighted by molar-refractivity contribution is -0.170. The highest BCUT2D eigenvalue weighted by Crippen LogP contribution is 2.31. The molecule has 2 fully saturated rings. The minimum atomic E-state index is -0.391. The molecule has 1 aliphatic heterocycles. The molecule has 116 valence electrons. The van der Waals surface area contributed by atoms with Crippen LogP contribution in [0.2, 0.25) is 0 Å². The molecular formula is C15H28N2O3. The van der Waals surface area contributed by atoms with E-state index in [-0.39, 0.29) is 30.6 Å². The topological polar surface area (TPSA) is 75.8 Å². The number of nitrogens with zero attached hydrogens (tertiary/aromatic N) is 1. The monoisotopic (exact) mass is 284 g/mol. The Morgan fingerprint density at radius 3 is 2.75 bits per heavy atom. The number of morpholine rings is 1. The van der Waals surface area contributed by atoms with Gasteiger partial charge in [0.1, 0.15) is 0 Å². The van der Waals surface area contributed by atoms with Crippen LogP contribution in [0.5, 0.6) is 0 Å². The average molecular weight is 284 g/mol. The molecule has 4 atom stereocenters. The van der Waals surface area contributed by atoms with Crippen molar-refractivity contribution in [3.8, 4) is 0 Å². The van der Waals surface area contributed by atoms with Gasteiger partial charge in [0.2, 0.25) is 5.91 Å². The molecule has 2 rings (SSSR count). The molecule has 0 radical (unpaired) electrons. The Kier molecular flexibility index (Phi) is 4.72. The maximum atomic E-state index is 12.7. The Labute approximate surface area is 121 Å². The number of hydrogen-bond donors (Lipinski definition) is 2. The zero-order chi connectivity index (χ0) is 14.9. The maximum absolute atomic E-state index is 12.7. The van der Waals surface area contributed by atoms with E-state index in [2.05, 4.69) is 6.92 Å². The number of rotatable bonds is 2. The third-order valence-corrected chi connectivity index (χ3v) is 4.58. The van der Waals surface area contributed by atoms with Gasteiger partial charge in [0.05, 0.1) is 18.3 Å². The molecular weight excluding hydrogens is 256 g/mol. The fourth-order valence-electron chi connectivity index (χ4n) is 3.46. The van der Waals surface area contributed by atoms with Crippen LogP contribution in [0.4, 0.5) is 0 Å². The van der Waals surface area contributed by atoms with Gasteiger partial charge in [0.15, 0.2) is 0 Å². The molecule has 5 nitrogen and oxygen atoms in total. The average Bonchev–Trinajstić information content (AvgIpc) is 2.39. The fourth-order valence-corrected chi connectivity index (χ4v) is 3.46. The summed E-state index contributed by atoms with van der Waals surface area (Å²) >= 11 is 0. The summed E-state index contributed by atoms with van der Waals surface area (Å²) in [5.41, 5.74) is 5.64. The van der Waals surface area contributed by atoms with Gasteiger partial charge in [-0.25, -0.2) is 0 Å². The first-order chi connectivity index (χ1) is 9.32. The number of nitrogens with two attached hydrogens (primary N) is 1.